The Morgan fingerprint density at radius 1 is 0.833 bits per heavy atom. The second kappa shape index (κ2) is 9.43. The van der Waals surface area contributed by atoms with Crippen LogP contribution in [0.15, 0.2) is 91.9 Å². The Bertz CT molecular complexity index is 1670. The molecule has 0 bridgehead atoms. The Morgan fingerprint density at radius 2 is 1.44 bits per heavy atom. The number of nitrogens with one attached hydrogen (secondary N) is 1. The normalized spacial score (nSPS) is 15.1. The number of nitrogen functional groups attached to an aromatic ring is 1. The zero-order valence-corrected chi connectivity index (χ0v) is 19.7. The molecule has 0 aliphatic heterocycles. The molecular formula is C22H17N5O7S2. The smallest absolute Gasteiger partial charge is 0.296 e. The fraction of sp³-hybridized carbons (Fsp3) is 0. The van der Waals surface area contributed by atoms with Crippen LogP contribution in [-0.2, 0) is 20.2 Å². The number of hydrogen-bond acceptors (Lipinski definition) is 10. The minimum Gasteiger partial charge on any atom is -0.396 e. The summed E-state index contributed by atoms with van der Waals surface area (Å²) in [4.78, 5) is 11.6. The molecule has 0 radical (unpaired) electrons. The minimum atomic E-state index is -5.00. The predicted octanol–water partition coefficient (Wildman–Crippen LogP) is 3.82. The van der Waals surface area contributed by atoms with E-state index < -0.39 is 52.9 Å². The van der Waals surface area contributed by atoms with Gasteiger partial charge in [-0.3, -0.25) is 19.3 Å². The van der Waals surface area contributed by atoms with Gasteiger partial charge in [-0.05, 0) is 42.0 Å². The van der Waals surface area contributed by atoms with Gasteiger partial charge in [-0.15, -0.1) is 5.11 Å². The molecule has 36 heavy (non-hydrogen) atoms. The van der Waals surface area contributed by atoms with Crippen molar-refractivity contribution in [2.24, 2.45) is 15.3 Å². The average molecular weight is 528 g/mol. The molecule has 0 spiro atoms. The molecule has 0 unspecified atom stereocenters. The van der Waals surface area contributed by atoms with Crippen LogP contribution in [0.4, 0.5) is 22.7 Å². The summed E-state index contributed by atoms with van der Waals surface area (Å²) in [5, 5.41) is 11.6. The van der Waals surface area contributed by atoms with Crippen molar-refractivity contribution in [3.05, 3.63) is 82.8 Å². The summed E-state index contributed by atoms with van der Waals surface area (Å²) in [6, 6.07) is 17.2. The van der Waals surface area contributed by atoms with Crippen LogP contribution in [0.1, 0.15) is 15.9 Å². The average Bonchev–Trinajstić information content (AvgIpc) is 2.82. The number of para-hydroxylation sites is 1. The number of nitrogens with zero attached hydrogens (tertiary/aromatic N) is 3. The molecule has 1 aliphatic rings. The summed E-state index contributed by atoms with van der Waals surface area (Å²) < 4.78 is 67.7. The van der Waals surface area contributed by atoms with E-state index in [2.05, 4.69) is 20.8 Å². The van der Waals surface area contributed by atoms with Gasteiger partial charge in [0.1, 0.15) is 15.5 Å². The molecule has 1 aliphatic carbocycles. The zero-order valence-electron chi connectivity index (χ0n) is 18.1. The number of fused-ring (bicyclic) bond motifs is 1. The fourth-order valence-corrected chi connectivity index (χ4v) is 4.66. The molecule has 12 nitrogen and oxygen atoms in total. The van der Waals surface area contributed by atoms with Gasteiger partial charge >= 0.3 is 0 Å². The molecule has 0 fully saturated rings. The first kappa shape index (κ1) is 24.9. The number of hydrazone groups is 1. The number of allylic oxidation sites excluding steroid dienone is 1. The third kappa shape index (κ3) is 5.06. The lowest BCUT2D eigenvalue weighted by molar-refractivity contribution is 0.106. The van der Waals surface area contributed by atoms with Crippen molar-refractivity contribution in [3.63, 3.8) is 0 Å². The van der Waals surface area contributed by atoms with E-state index in [1.165, 1.54) is 0 Å². The molecule has 4 rings (SSSR count). The molecule has 0 heterocycles. The molecule has 5 N–H and O–H groups in total. The monoisotopic (exact) mass is 527 g/mol. The number of benzene rings is 3. The molecule has 0 aromatic heterocycles. The van der Waals surface area contributed by atoms with Gasteiger partial charge in [0.25, 0.3) is 20.2 Å². The maximum absolute atomic E-state index is 13.4. The number of carbonyl (C=O) groups excluding carboxylic acids is 1. The third-order valence-corrected chi connectivity index (χ3v) is 6.68. The summed E-state index contributed by atoms with van der Waals surface area (Å²) >= 11 is 0. The van der Waals surface area contributed by atoms with Crippen LogP contribution in [-0.4, -0.2) is 37.4 Å². The van der Waals surface area contributed by atoms with E-state index in [4.69, 9.17) is 5.73 Å². The Morgan fingerprint density at radius 3 is 2.03 bits per heavy atom. The van der Waals surface area contributed by atoms with Crippen molar-refractivity contribution >= 4 is 60.6 Å². The van der Waals surface area contributed by atoms with Crippen molar-refractivity contribution in [2.45, 2.75) is 4.90 Å². The Kier molecular flexibility index (Phi) is 6.51. The highest BCUT2D eigenvalue weighted by molar-refractivity contribution is 7.91. The van der Waals surface area contributed by atoms with E-state index in [9.17, 15) is 30.7 Å². The molecule has 184 valence electrons. The quantitative estimate of drug-likeness (QED) is 0.159. The second-order valence-electron chi connectivity index (χ2n) is 7.36. The number of azo groups is 1. The van der Waals surface area contributed by atoms with Gasteiger partial charge in [-0.25, -0.2) is 0 Å². The molecule has 3 aromatic rings. The SMILES string of the molecule is Nc1c(/N=N/c2ccccc2)c(S(=O)(=O)O)cc2c1C(=O)/C(=N\Nc1ccccc1)C(S(=O)(=O)O)=C2. The number of rotatable bonds is 6. The van der Waals surface area contributed by atoms with E-state index in [1.54, 1.807) is 60.7 Å². The van der Waals surface area contributed by atoms with E-state index in [0.29, 0.717) is 11.4 Å². The topological polar surface area (TPSA) is 201 Å². The number of hydrogen-bond donors (Lipinski definition) is 4. The molecule has 0 atom stereocenters. The lowest BCUT2D eigenvalue weighted by atomic mass is 9.92. The third-order valence-electron chi connectivity index (χ3n) is 4.94. The standard InChI is InChI=1S/C22H17N5O7S2/c23-19-18-13(11-16(35(29,30)31)20(19)26-24-14-7-3-1-4-8-14)12-17(36(32,33)34)21(22(18)28)27-25-15-9-5-2-6-10-15/h1-12,25H,23H2,(H,29,30,31)(H,32,33,34)/b26-24+,27-21-. The number of anilines is 2. The van der Waals surface area contributed by atoms with Crippen LogP contribution in [0, 0.1) is 0 Å². The Balaban J connectivity index is 1.94. The van der Waals surface area contributed by atoms with E-state index >= 15 is 0 Å². The van der Waals surface area contributed by atoms with Crippen molar-refractivity contribution in [1.82, 2.24) is 0 Å². The molecular weight excluding hydrogens is 510 g/mol. The Hall–Kier alpha value is -4.24. The van der Waals surface area contributed by atoms with Crippen LogP contribution >= 0.6 is 0 Å². The first-order valence-electron chi connectivity index (χ1n) is 10.0. The van der Waals surface area contributed by atoms with Gasteiger partial charge in [0, 0.05) is 0 Å². The van der Waals surface area contributed by atoms with Gasteiger partial charge in [-0.1, -0.05) is 36.4 Å². The number of ketones is 1. The van der Waals surface area contributed by atoms with Crippen LogP contribution in [0.3, 0.4) is 0 Å². The number of carbonyl (C=O) groups is 1. The lowest BCUT2D eigenvalue weighted by Crippen LogP contribution is -2.28. The molecule has 14 heteroatoms. The summed E-state index contributed by atoms with van der Waals surface area (Å²) in [5.74, 6) is -1.04. The first-order valence-corrected chi connectivity index (χ1v) is 12.9. The van der Waals surface area contributed by atoms with Crippen LogP contribution < -0.4 is 11.2 Å². The van der Waals surface area contributed by atoms with Gasteiger partial charge < -0.3 is 5.73 Å². The van der Waals surface area contributed by atoms with E-state index in [1.807, 2.05) is 0 Å². The van der Waals surface area contributed by atoms with Gasteiger partial charge in [-0.2, -0.15) is 27.1 Å². The maximum atomic E-state index is 13.4. The maximum Gasteiger partial charge on any atom is 0.296 e. The van der Waals surface area contributed by atoms with Crippen molar-refractivity contribution in [3.8, 4) is 0 Å². The van der Waals surface area contributed by atoms with Gasteiger partial charge in [0.05, 0.1) is 22.6 Å². The zero-order chi connectivity index (χ0) is 26.1. The number of Topliss-reactive ketones (excluding diaryl/α,β-unsaturated/α-hetero) is 1. The van der Waals surface area contributed by atoms with E-state index in [-0.39, 0.29) is 11.1 Å². The highest BCUT2D eigenvalue weighted by atomic mass is 32.2. The summed E-state index contributed by atoms with van der Waals surface area (Å²) in [6.07, 6.45) is 0.820. The highest BCUT2D eigenvalue weighted by Crippen LogP contribution is 2.40. The van der Waals surface area contributed by atoms with Gasteiger partial charge in [0.2, 0.25) is 5.78 Å². The Labute approximate surface area is 205 Å². The highest BCUT2D eigenvalue weighted by Gasteiger charge is 2.37. The molecule has 0 saturated heterocycles. The second-order valence-corrected chi connectivity index (χ2v) is 10.1. The number of nitrogens with two attached hydrogens (primary N) is 1. The summed E-state index contributed by atoms with van der Waals surface area (Å²) in [5.41, 5.74) is 7.00. The van der Waals surface area contributed by atoms with Crippen LogP contribution in [0.2, 0.25) is 0 Å². The minimum absolute atomic E-state index is 0.296. The van der Waals surface area contributed by atoms with Crippen molar-refractivity contribution < 1.29 is 30.7 Å². The fourth-order valence-electron chi connectivity index (χ4n) is 3.33. The predicted molar refractivity (Wildman–Crippen MR) is 133 cm³/mol. The molecule has 3 aromatic carbocycles. The van der Waals surface area contributed by atoms with Crippen molar-refractivity contribution in [1.29, 1.82) is 0 Å². The largest absolute Gasteiger partial charge is 0.396 e. The lowest BCUT2D eigenvalue weighted by Gasteiger charge is -2.20. The van der Waals surface area contributed by atoms with Gasteiger partial charge in [0.15, 0.2) is 5.71 Å². The van der Waals surface area contributed by atoms with E-state index in [0.717, 1.165) is 12.1 Å². The summed E-state index contributed by atoms with van der Waals surface area (Å²) in [7, 11) is -9.95. The van der Waals surface area contributed by atoms with Crippen LogP contribution in [0.25, 0.3) is 6.08 Å². The van der Waals surface area contributed by atoms with Crippen molar-refractivity contribution in [2.75, 3.05) is 11.2 Å². The summed E-state index contributed by atoms with van der Waals surface area (Å²) in [6.45, 7) is 0. The first-order chi connectivity index (χ1) is 17.0. The van der Waals surface area contributed by atoms with Crippen LogP contribution in [0.5, 0.6) is 0 Å². The molecule has 0 amide bonds. The molecule has 0 saturated carbocycles.